The highest BCUT2D eigenvalue weighted by Gasteiger charge is 2.34. The summed E-state index contributed by atoms with van der Waals surface area (Å²) >= 11 is 0. The zero-order valence-corrected chi connectivity index (χ0v) is 19.5. The van der Waals surface area contributed by atoms with Crippen LogP contribution in [0.15, 0.2) is 82.0 Å². The first-order valence-corrected chi connectivity index (χ1v) is 11.3. The minimum Gasteiger partial charge on any atom is -0.493 e. The lowest BCUT2D eigenvalue weighted by molar-refractivity contribution is 0.323. The van der Waals surface area contributed by atoms with Crippen molar-refractivity contribution in [1.82, 2.24) is 0 Å². The maximum Gasteiger partial charge on any atom is 0.342 e. The summed E-state index contributed by atoms with van der Waals surface area (Å²) < 4.78 is 22.7. The monoisotopic (exact) mass is 465 g/mol. The van der Waals surface area contributed by atoms with Crippen LogP contribution in [0, 0.1) is 0 Å². The van der Waals surface area contributed by atoms with Crippen LogP contribution in [-0.2, 0) is 0 Å². The predicted molar refractivity (Wildman–Crippen MR) is 137 cm³/mol. The SMILES string of the molecule is COc1cc(C2c3c(c4ccccc4oc3=O)Nc3ccc4ccccc4c32)cc(OC)c1OC. The first-order chi connectivity index (χ1) is 17.1. The molecule has 6 nitrogen and oxygen atoms in total. The van der Waals surface area contributed by atoms with Gasteiger partial charge in [-0.2, -0.15) is 0 Å². The van der Waals surface area contributed by atoms with E-state index < -0.39 is 5.92 Å². The molecule has 0 saturated heterocycles. The lowest BCUT2D eigenvalue weighted by Gasteiger charge is -2.31. The van der Waals surface area contributed by atoms with E-state index in [1.165, 1.54) is 0 Å². The number of nitrogens with one attached hydrogen (secondary N) is 1. The topological polar surface area (TPSA) is 69.9 Å². The summed E-state index contributed by atoms with van der Waals surface area (Å²) in [6.07, 6.45) is 0. The van der Waals surface area contributed by atoms with Crippen molar-refractivity contribution in [3.63, 3.8) is 0 Å². The summed E-state index contributed by atoms with van der Waals surface area (Å²) in [4.78, 5) is 13.5. The van der Waals surface area contributed by atoms with Crippen molar-refractivity contribution in [3.8, 4) is 17.2 Å². The van der Waals surface area contributed by atoms with Crippen molar-refractivity contribution in [2.45, 2.75) is 5.92 Å². The van der Waals surface area contributed by atoms with E-state index in [1.807, 2.05) is 48.5 Å². The van der Waals surface area contributed by atoms with Gasteiger partial charge in [-0.15, -0.1) is 0 Å². The van der Waals surface area contributed by atoms with Gasteiger partial charge in [0.2, 0.25) is 5.75 Å². The van der Waals surface area contributed by atoms with Crippen molar-refractivity contribution in [2.75, 3.05) is 26.6 Å². The van der Waals surface area contributed by atoms with Crippen molar-refractivity contribution in [1.29, 1.82) is 0 Å². The lowest BCUT2D eigenvalue weighted by atomic mass is 9.79. The molecule has 0 saturated carbocycles. The first-order valence-electron chi connectivity index (χ1n) is 11.3. The van der Waals surface area contributed by atoms with Gasteiger partial charge in [-0.25, -0.2) is 4.79 Å². The highest BCUT2D eigenvalue weighted by molar-refractivity contribution is 6.00. The van der Waals surface area contributed by atoms with Gasteiger partial charge in [0.1, 0.15) is 5.58 Å². The predicted octanol–water partition coefficient (Wildman–Crippen LogP) is 6.21. The number of hydrogen-bond acceptors (Lipinski definition) is 6. The summed E-state index contributed by atoms with van der Waals surface area (Å²) in [5.74, 6) is 1.11. The third kappa shape index (κ3) is 3.14. The van der Waals surface area contributed by atoms with Crippen LogP contribution in [0.4, 0.5) is 11.4 Å². The van der Waals surface area contributed by atoms with E-state index in [-0.39, 0.29) is 5.63 Å². The smallest absolute Gasteiger partial charge is 0.342 e. The Morgan fingerprint density at radius 1 is 0.771 bits per heavy atom. The molecule has 1 N–H and O–H groups in total. The van der Waals surface area contributed by atoms with E-state index in [0.717, 1.165) is 38.7 Å². The summed E-state index contributed by atoms with van der Waals surface area (Å²) in [6.45, 7) is 0. The van der Waals surface area contributed by atoms with E-state index in [1.54, 1.807) is 21.3 Å². The molecule has 6 heteroatoms. The number of hydrogen-bond donors (Lipinski definition) is 1. The van der Waals surface area contributed by atoms with E-state index in [9.17, 15) is 4.79 Å². The molecule has 1 aromatic heterocycles. The number of methoxy groups -OCH3 is 3. The second-order valence-corrected chi connectivity index (χ2v) is 8.44. The van der Waals surface area contributed by atoms with Gasteiger partial charge in [0.15, 0.2) is 11.5 Å². The average molecular weight is 466 g/mol. The van der Waals surface area contributed by atoms with Gasteiger partial charge in [0, 0.05) is 17.0 Å². The second-order valence-electron chi connectivity index (χ2n) is 8.44. The summed E-state index contributed by atoms with van der Waals surface area (Å²) in [5, 5.41) is 6.53. The standard InChI is InChI=1S/C29H23NO5/c1-32-22-14-17(15-23(33-2)28(22)34-3)24-25-18-9-5-4-8-16(18)12-13-20(25)30-27-19-10-6-7-11-21(19)35-29(31)26(24)27/h4-15,24,30H,1-3H3. The highest BCUT2D eigenvalue weighted by Crippen LogP contribution is 2.51. The zero-order chi connectivity index (χ0) is 24.1. The van der Waals surface area contributed by atoms with Crippen LogP contribution < -0.4 is 25.2 Å². The number of fused-ring (bicyclic) bond motifs is 6. The third-order valence-corrected chi connectivity index (χ3v) is 6.68. The molecule has 1 atom stereocenters. The molecule has 0 amide bonds. The third-order valence-electron chi connectivity index (χ3n) is 6.68. The van der Waals surface area contributed by atoms with Crippen molar-refractivity contribution >= 4 is 33.1 Å². The Labute approximate surface area is 201 Å². The fourth-order valence-corrected chi connectivity index (χ4v) is 5.16. The molecule has 6 rings (SSSR count). The molecule has 0 aliphatic carbocycles. The van der Waals surface area contributed by atoms with E-state index in [2.05, 4.69) is 29.6 Å². The maximum atomic E-state index is 13.5. The van der Waals surface area contributed by atoms with Crippen molar-refractivity contribution in [2.24, 2.45) is 0 Å². The molecule has 2 heterocycles. The Bertz CT molecular complexity index is 1650. The number of anilines is 2. The van der Waals surface area contributed by atoms with Crippen LogP contribution in [0.25, 0.3) is 21.7 Å². The molecule has 1 unspecified atom stereocenters. The number of rotatable bonds is 4. The molecule has 0 radical (unpaired) electrons. The van der Waals surface area contributed by atoms with Gasteiger partial charge in [0.25, 0.3) is 0 Å². The molecular formula is C29H23NO5. The van der Waals surface area contributed by atoms with Gasteiger partial charge in [0.05, 0.1) is 32.6 Å². The molecule has 0 bridgehead atoms. The molecule has 174 valence electrons. The minimum absolute atomic E-state index is 0.386. The molecule has 0 fully saturated rings. The molecular weight excluding hydrogens is 442 g/mol. The van der Waals surface area contributed by atoms with Gasteiger partial charge in [-0.3, -0.25) is 0 Å². The first kappa shape index (κ1) is 21.1. The molecule has 4 aromatic carbocycles. The number of para-hydroxylation sites is 1. The number of ether oxygens (including phenoxy) is 3. The van der Waals surface area contributed by atoms with Crippen molar-refractivity contribution in [3.05, 3.63) is 99.9 Å². The second kappa shape index (κ2) is 8.09. The van der Waals surface area contributed by atoms with E-state index in [4.69, 9.17) is 18.6 Å². The van der Waals surface area contributed by atoms with Crippen LogP contribution >= 0.6 is 0 Å². The van der Waals surface area contributed by atoms with Crippen LogP contribution in [0.3, 0.4) is 0 Å². The molecule has 5 aromatic rings. The number of benzene rings is 4. The van der Waals surface area contributed by atoms with Gasteiger partial charge in [-0.05, 0) is 52.2 Å². The fourth-order valence-electron chi connectivity index (χ4n) is 5.16. The van der Waals surface area contributed by atoms with Gasteiger partial charge in [-0.1, -0.05) is 42.5 Å². The largest absolute Gasteiger partial charge is 0.493 e. The van der Waals surface area contributed by atoms with Gasteiger partial charge >= 0.3 is 5.63 Å². The summed E-state index contributed by atoms with van der Waals surface area (Å²) in [7, 11) is 4.74. The molecule has 35 heavy (non-hydrogen) atoms. The minimum atomic E-state index is -0.429. The quantitative estimate of drug-likeness (QED) is 0.312. The highest BCUT2D eigenvalue weighted by atomic mass is 16.5. The van der Waals surface area contributed by atoms with Crippen molar-refractivity contribution < 1.29 is 18.6 Å². The molecule has 1 aliphatic heterocycles. The van der Waals surface area contributed by atoms with Crippen LogP contribution in [0.2, 0.25) is 0 Å². The Kier molecular flexibility index (Phi) is 4.88. The Hall–Kier alpha value is -4.45. The zero-order valence-electron chi connectivity index (χ0n) is 19.5. The Morgan fingerprint density at radius 3 is 2.17 bits per heavy atom. The van der Waals surface area contributed by atoms with Crippen LogP contribution in [-0.4, -0.2) is 21.3 Å². The van der Waals surface area contributed by atoms with Crippen LogP contribution in [0.1, 0.15) is 22.6 Å². The normalized spacial score (nSPS) is 14.2. The van der Waals surface area contributed by atoms with Crippen LogP contribution in [0.5, 0.6) is 17.2 Å². The lowest BCUT2D eigenvalue weighted by Crippen LogP contribution is -2.23. The van der Waals surface area contributed by atoms with E-state index in [0.29, 0.717) is 28.4 Å². The Balaban J connectivity index is 1.75. The van der Waals surface area contributed by atoms with Gasteiger partial charge < -0.3 is 23.9 Å². The molecule has 0 spiro atoms. The summed E-state index contributed by atoms with van der Waals surface area (Å²) in [6, 6.07) is 23.7. The average Bonchev–Trinajstić information content (AvgIpc) is 2.91. The molecule has 1 aliphatic rings. The van der Waals surface area contributed by atoms with E-state index >= 15 is 0 Å². The maximum absolute atomic E-state index is 13.5. The fraction of sp³-hybridized carbons (Fsp3) is 0.138. The summed E-state index contributed by atoms with van der Waals surface area (Å²) in [5.41, 5.74) is 4.21. The Morgan fingerprint density at radius 2 is 1.46 bits per heavy atom.